The third-order valence-corrected chi connectivity index (χ3v) is 3.15. The van der Waals surface area contributed by atoms with Gasteiger partial charge in [0.15, 0.2) is 5.78 Å². The first kappa shape index (κ1) is 13.4. The van der Waals surface area contributed by atoms with Crippen molar-refractivity contribution < 1.29 is 13.6 Å². The van der Waals surface area contributed by atoms with E-state index in [4.69, 9.17) is 0 Å². The largest absolute Gasteiger partial charge is 0.294 e. The molecule has 0 saturated heterocycles. The molecule has 0 aliphatic carbocycles. The molecule has 0 spiro atoms. The van der Waals surface area contributed by atoms with Crippen LogP contribution in [-0.4, -0.2) is 5.78 Å². The Morgan fingerprint density at radius 1 is 1.05 bits per heavy atom. The van der Waals surface area contributed by atoms with E-state index in [1.54, 1.807) is 32.0 Å². The molecule has 0 aliphatic rings. The number of carbonyl (C=O) groups is 1. The minimum atomic E-state index is -0.479. The Kier molecular flexibility index (Phi) is 3.74. The molecule has 98 valence electrons. The maximum Gasteiger partial charge on any atom is 0.170 e. The molecule has 0 N–H and O–H groups in total. The molecule has 2 aromatic carbocycles. The van der Waals surface area contributed by atoms with Crippen molar-refractivity contribution in [3.05, 3.63) is 70.3 Å². The number of Topliss-reactive ketones (excluding diaryl/α,β-unsaturated/α-hetero) is 1. The highest BCUT2D eigenvalue weighted by Crippen LogP contribution is 2.17. The Morgan fingerprint density at radius 3 is 2.47 bits per heavy atom. The second-order valence-corrected chi connectivity index (χ2v) is 4.61. The van der Waals surface area contributed by atoms with Crippen molar-refractivity contribution in [2.24, 2.45) is 0 Å². The molecule has 0 aromatic heterocycles. The number of hydrogen-bond acceptors (Lipinski definition) is 1. The van der Waals surface area contributed by atoms with Crippen molar-refractivity contribution in [2.75, 3.05) is 0 Å². The van der Waals surface area contributed by atoms with Crippen molar-refractivity contribution in [3.63, 3.8) is 0 Å². The van der Waals surface area contributed by atoms with Gasteiger partial charge in [-0.15, -0.1) is 0 Å². The fourth-order valence-electron chi connectivity index (χ4n) is 1.99. The summed E-state index contributed by atoms with van der Waals surface area (Å²) >= 11 is 0. The minimum Gasteiger partial charge on any atom is -0.294 e. The highest BCUT2D eigenvalue weighted by Gasteiger charge is 2.14. The minimum absolute atomic E-state index is 0.0759. The zero-order valence-corrected chi connectivity index (χ0v) is 10.8. The lowest BCUT2D eigenvalue weighted by molar-refractivity contribution is 0.0988. The molecule has 0 saturated carbocycles. The zero-order chi connectivity index (χ0) is 14.0. The van der Waals surface area contributed by atoms with Crippen LogP contribution in [0.5, 0.6) is 0 Å². The van der Waals surface area contributed by atoms with Crippen molar-refractivity contribution in [2.45, 2.75) is 20.3 Å². The summed E-state index contributed by atoms with van der Waals surface area (Å²) in [4.78, 5) is 12.1. The number of hydrogen-bond donors (Lipinski definition) is 0. The average molecular weight is 260 g/mol. The number of benzene rings is 2. The van der Waals surface area contributed by atoms with E-state index < -0.39 is 5.82 Å². The van der Waals surface area contributed by atoms with Crippen LogP contribution < -0.4 is 0 Å². The predicted octanol–water partition coefficient (Wildman–Crippen LogP) is 4.01. The Balaban J connectivity index is 2.28. The van der Waals surface area contributed by atoms with Crippen LogP contribution >= 0.6 is 0 Å². The van der Waals surface area contributed by atoms with Gasteiger partial charge >= 0.3 is 0 Å². The molecule has 1 nitrogen and oxygen atoms in total. The summed E-state index contributed by atoms with van der Waals surface area (Å²) in [5, 5.41) is 0. The van der Waals surface area contributed by atoms with E-state index >= 15 is 0 Å². The summed E-state index contributed by atoms with van der Waals surface area (Å²) in [5.74, 6) is -1.11. The maximum atomic E-state index is 13.8. The lowest BCUT2D eigenvalue weighted by atomic mass is 9.98. The van der Waals surface area contributed by atoms with E-state index in [2.05, 4.69) is 0 Å². The first-order chi connectivity index (χ1) is 8.99. The first-order valence-electron chi connectivity index (χ1n) is 6.02. The highest BCUT2D eigenvalue weighted by atomic mass is 19.1. The Bertz CT molecular complexity index is 633. The van der Waals surface area contributed by atoms with E-state index in [0.29, 0.717) is 16.7 Å². The molecule has 0 unspecified atom stereocenters. The van der Waals surface area contributed by atoms with Crippen molar-refractivity contribution >= 4 is 5.78 Å². The van der Waals surface area contributed by atoms with E-state index in [9.17, 15) is 13.6 Å². The molecule has 19 heavy (non-hydrogen) atoms. The molecular formula is C16H14F2O. The van der Waals surface area contributed by atoms with Gasteiger partial charge in [-0.05, 0) is 48.7 Å². The second-order valence-electron chi connectivity index (χ2n) is 4.61. The zero-order valence-electron chi connectivity index (χ0n) is 10.8. The van der Waals surface area contributed by atoms with Crippen LogP contribution in [0.25, 0.3) is 0 Å². The van der Waals surface area contributed by atoms with Gasteiger partial charge in [-0.3, -0.25) is 4.79 Å². The van der Waals surface area contributed by atoms with Gasteiger partial charge < -0.3 is 0 Å². The predicted molar refractivity (Wildman–Crippen MR) is 70.3 cm³/mol. The molecule has 0 fully saturated rings. The number of aryl methyl sites for hydroxylation is 2. The van der Waals surface area contributed by atoms with Gasteiger partial charge in [-0.25, -0.2) is 8.78 Å². The summed E-state index contributed by atoms with van der Waals surface area (Å²) in [6.07, 6.45) is 0.0759. The summed E-state index contributed by atoms with van der Waals surface area (Å²) in [5.41, 5.74) is 1.94. The summed E-state index contributed by atoms with van der Waals surface area (Å²) in [7, 11) is 0. The van der Waals surface area contributed by atoms with Gasteiger partial charge in [0.25, 0.3) is 0 Å². The van der Waals surface area contributed by atoms with Crippen LogP contribution in [0.2, 0.25) is 0 Å². The van der Waals surface area contributed by atoms with Crippen molar-refractivity contribution in [1.29, 1.82) is 0 Å². The van der Waals surface area contributed by atoms with E-state index in [-0.39, 0.29) is 23.6 Å². The molecule has 0 atom stereocenters. The third kappa shape index (κ3) is 2.87. The second kappa shape index (κ2) is 5.31. The molecule has 2 aromatic rings. The van der Waals surface area contributed by atoms with Crippen LogP contribution in [0, 0.1) is 25.5 Å². The lowest BCUT2D eigenvalue weighted by Crippen LogP contribution is -2.08. The fourth-order valence-corrected chi connectivity index (χ4v) is 1.99. The highest BCUT2D eigenvalue weighted by molar-refractivity contribution is 5.98. The first-order valence-corrected chi connectivity index (χ1v) is 6.02. The molecule has 0 radical (unpaired) electrons. The van der Waals surface area contributed by atoms with Crippen LogP contribution in [-0.2, 0) is 6.42 Å². The molecule has 2 rings (SSSR count). The molecule has 0 aliphatic heterocycles. The van der Waals surface area contributed by atoms with Crippen LogP contribution in [0.3, 0.4) is 0 Å². The number of ketones is 1. The van der Waals surface area contributed by atoms with Gasteiger partial charge in [0.2, 0.25) is 0 Å². The van der Waals surface area contributed by atoms with Gasteiger partial charge in [0, 0.05) is 6.42 Å². The molecular weight excluding hydrogens is 246 g/mol. The molecule has 0 amide bonds. The Morgan fingerprint density at radius 2 is 1.79 bits per heavy atom. The summed E-state index contributed by atoms with van der Waals surface area (Å²) < 4.78 is 26.8. The lowest BCUT2D eigenvalue weighted by Gasteiger charge is -2.07. The smallest absolute Gasteiger partial charge is 0.170 e. The number of carbonyl (C=O) groups excluding carboxylic acids is 1. The van der Waals surface area contributed by atoms with Crippen LogP contribution in [0.15, 0.2) is 36.4 Å². The molecule has 3 heteroatoms. The van der Waals surface area contributed by atoms with Gasteiger partial charge in [0.05, 0.1) is 5.56 Å². The summed E-state index contributed by atoms with van der Waals surface area (Å²) in [6, 6.07) is 9.00. The van der Waals surface area contributed by atoms with E-state index in [0.717, 1.165) is 0 Å². The Hall–Kier alpha value is -2.03. The van der Waals surface area contributed by atoms with Gasteiger partial charge in [-0.2, -0.15) is 0 Å². The number of halogens is 2. The SMILES string of the molecule is Cc1cc(F)ccc1CC(=O)c1cccc(C)c1F. The summed E-state index contributed by atoms with van der Waals surface area (Å²) in [6.45, 7) is 3.35. The number of rotatable bonds is 3. The standard InChI is InChI=1S/C16H14F2O/c1-10-4-3-5-14(16(10)18)15(19)9-12-6-7-13(17)8-11(12)2/h3-8H,9H2,1-2H3. The van der Waals surface area contributed by atoms with Crippen molar-refractivity contribution in [1.82, 2.24) is 0 Å². The van der Waals surface area contributed by atoms with Crippen molar-refractivity contribution in [3.8, 4) is 0 Å². The van der Waals surface area contributed by atoms with Crippen LogP contribution in [0.4, 0.5) is 8.78 Å². The quantitative estimate of drug-likeness (QED) is 0.762. The van der Waals surface area contributed by atoms with Gasteiger partial charge in [-0.1, -0.05) is 18.2 Å². The monoisotopic (exact) mass is 260 g/mol. The third-order valence-electron chi connectivity index (χ3n) is 3.15. The molecule has 0 heterocycles. The average Bonchev–Trinajstić information content (AvgIpc) is 2.36. The van der Waals surface area contributed by atoms with E-state index in [1.165, 1.54) is 18.2 Å². The Labute approximate surface area is 110 Å². The van der Waals surface area contributed by atoms with Crippen LogP contribution in [0.1, 0.15) is 27.0 Å². The molecule has 0 bridgehead atoms. The van der Waals surface area contributed by atoms with E-state index in [1.807, 2.05) is 0 Å². The topological polar surface area (TPSA) is 17.1 Å². The maximum absolute atomic E-state index is 13.8. The van der Waals surface area contributed by atoms with Gasteiger partial charge in [0.1, 0.15) is 11.6 Å². The normalized spacial score (nSPS) is 10.5. The fraction of sp³-hybridized carbons (Fsp3) is 0.188.